The van der Waals surface area contributed by atoms with Crippen LogP contribution in [0.5, 0.6) is 0 Å². The Hall–Kier alpha value is -2.80. The molecule has 5 rings (SSSR count). The summed E-state index contributed by atoms with van der Waals surface area (Å²) in [5.41, 5.74) is 5.21. The molecule has 0 aliphatic carbocycles. The first-order valence-corrected chi connectivity index (χ1v) is 9.34. The highest BCUT2D eigenvalue weighted by Gasteiger charge is 2.17. The number of benzene rings is 3. The highest BCUT2D eigenvalue weighted by Crippen LogP contribution is 2.28. The first kappa shape index (κ1) is 15.5. The van der Waals surface area contributed by atoms with E-state index in [1.54, 1.807) is 0 Å². The van der Waals surface area contributed by atoms with Crippen LogP contribution in [0, 0.1) is 3.57 Å². The number of aromatic nitrogens is 4. The minimum Gasteiger partial charge on any atom is -0.275 e. The molecule has 0 aliphatic heterocycles. The van der Waals surface area contributed by atoms with Crippen molar-refractivity contribution in [3.8, 4) is 17.1 Å². The van der Waals surface area contributed by atoms with Gasteiger partial charge in [0, 0.05) is 9.13 Å². The lowest BCUT2D eigenvalue weighted by atomic mass is 10.2. The molecule has 124 valence electrons. The fraction of sp³-hybridized carbons (Fsp3) is 0. The molecule has 0 atom stereocenters. The molecule has 2 heterocycles. The summed E-state index contributed by atoms with van der Waals surface area (Å²) in [7, 11) is 0. The first-order chi connectivity index (χ1) is 12.8. The number of para-hydroxylation sites is 2. The number of nitrogens with zero attached hydrogens (tertiary/aromatic N) is 4. The molecule has 2 aromatic heterocycles. The average Bonchev–Trinajstić information content (AvgIpc) is 3.05. The van der Waals surface area contributed by atoms with Gasteiger partial charge >= 0.3 is 0 Å². The molecule has 5 aromatic rings. The van der Waals surface area contributed by atoms with Crippen LogP contribution in [0.3, 0.4) is 0 Å². The number of hydrogen-bond donors (Lipinski definition) is 0. The number of hydrogen-bond acceptors (Lipinski definition) is 3. The highest BCUT2D eigenvalue weighted by molar-refractivity contribution is 14.1. The fourth-order valence-corrected chi connectivity index (χ4v) is 3.62. The van der Waals surface area contributed by atoms with Crippen LogP contribution < -0.4 is 0 Å². The molecule has 0 fully saturated rings. The zero-order chi connectivity index (χ0) is 17.5. The molecule has 0 N–H and O–H groups in total. The minimum absolute atomic E-state index is 0.654. The summed E-state index contributed by atoms with van der Waals surface area (Å²) >= 11 is 2.32. The molecule has 3 aromatic carbocycles. The van der Waals surface area contributed by atoms with Crippen molar-refractivity contribution in [3.63, 3.8) is 0 Å². The van der Waals surface area contributed by atoms with Crippen LogP contribution in [0.1, 0.15) is 0 Å². The van der Waals surface area contributed by atoms with E-state index < -0.39 is 0 Å². The summed E-state index contributed by atoms with van der Waals surface area (Å²) in [4.78, 5) is 14.4. The maximum Gasteiger partial charge on any atom is 0.199 e. The second-order valence-corrected chi connectivity index (χ2v) is 7.22. The second kappa shape index (κ2) is 6.17. The van der Waals surface area contributed by atoms with Crippen LogP contribution in [-0.4, -0.2) is 19.5 Å². The van der Waals surface area contributed by atoms with E-state index in [9.17, 15) is 0 Å². The number of rotatable bonds is 2. The van der Waals surface area contributed by atoms with Gasteiger partial charge in [0.2, 0.25) is 0 Å². The zero-order valence-electron chi connectivity index (χ0n) is 13.7. The largest absolute Gasteiger partial charge is 0.275 e. The van der Waals surface area contributed by atoms with E-state index in [0.29, 0.717) is 5.65 Å². The van der Waals surface area contributed by atoms with Gasteiger partial charge in [-0.05, 0) is 52.9 Å². The molecule has 0 amide bonds. The van der Waals surface area contributed by atoms with Crippen molar-refractivity contribution in [1.82, 2.24) is 19.5 Å². The Bertz CT molecular complexity index is 1250. The van der Waals surface area contributed by atoms with Crippen molar-refractivity contribution < 1.29 is 0 Å². The van der Waals surface area contributed by atoms with Gasteiger partial charge in [-0.1, -0.05) is 48.5 Å². The zero-order valence-corrected chi connectivity index (χ0v) is 15.8. The Morgan fingerprint density at radius 1 is 0.692 bits per heavy atom. The molecular formula is C21H13IN4. The van der Waals surface area contributed by atoms with E-state index >= 15 is 0 Å². The molecule has 0 saturated heterocycles. The Labute approximate surface area is 163 Å². The topological polar surface area (TPSA) is 43.6 Å². The lowest BCUT2D eigenvalue weighted by Gasteiger charge is -2.09. The van der Waals surface area contributed by atoms with Gasteiger partial charge in [0.25, 0.3) is 0 Å². The Balaban J connectivity index is 1.90. The summed E-state index contributed by atoms with van der Waals surface area (Å²) in [6, 6.07) is 26.4. The van der Waals surface area contributed by atoms with Gasteiger partial charge in [-0.2, -0.15) is 0 Å². The molecule has 0 radical (unpaired) electrons. The third-order valence-corrected chi connectivity index (χ3v) is 4.94. The van der Waals surface area contributed by atoms with E-state index in [1.165, 1.54) is 0 Å². The monoisotopic (exact) mass is 448 g/mol. The Kier molecular flexibility index (Phi) is 3.67. The third-order valence-electron chi connectivity index (χ3n) is 4.27. The van der Waals surface area contributed by atoms with Crippen molar-refractivity contribution in [2.75, 3.05) is 0 Å². The van der Waals surface area contributed by atoms with E-state index in [1.807, 2.05) is 48.5 Å². The normalized spacial score (nSPS) is 11.3. The van der Waals surface area contributed by atoms with Crippen LogP contribution in [0.25, 0.3) is 39.4 Å². The van der Waals surface area contributed by atoms with Crippen LogP contribution >= 0.6 is 22.6 Å². The molecule has 26 heavy (non-hydrogen) atoms. The van der Waals surface area contributed by atoms with Crippen molar-refractivity contribution in [3.05, 3.63) is 82.4 Å². The average molecular weight is 448 g/mol. The van der Waals surface area contributed by atoms with Crippen LogP contribution in [0.2, 0.25) is 0 Å². The first-order valence-electron chi connectivity index (χ1n) is 8.26. The lowest BCUT2D eigenvalue weighted by Crippen LogP contribution is -1.99. The van der Waals surface area contributed by atoms with Gasteiger partial charge in [0.15, 0.2) is 11.3 Å². The predicted molar refractivity (Wildman–Crippen MR) is 112 cm³/mol. The van der Waals surface area contributed by atoms with Gasteiger partial charge in [0.1, 0.15) is 5.82 Å². The number of imidazole rings is 1. The van der Waals surface area contributed by atoms with Crippen LogP contribution in [-0.2, 0) is 0 Å². The predicted octanol–water partition coefficient (Wildman–Crippen LogP) is 5.24. The molecule has 0 saturated carbocycles. The van der Waals surface area contributed by atoms with Crippen molar-refractivity contribution in [1.29, 1.82) is 0 Å². The second-order valence-electron chi connectivity index (χ2n) is 5.98. The van der Waals surface area contributed by atoms with Crippen molar-refractivity contribution in [2.45, 2.75) is 0 Å². The highest BCUT2D eigenvalue weighted by atomic mass is 127. The third kappa shape index (κ3) is 2.55. The van der Waals surface area contributed by atoms with Crippen LogP contribution in [0.4, 0.5) is 0 Å². The van der Waals surface area contributed by atoms with E-state index in [2.05, 4.69) is 57.5 Å². The summed E-state index contributed by atoms with van der Waals surface area (Å²) in [5, 5.41) is 0. The Morgan fingerprint density at radius 3 is 2.19 bits per heavy atom. The van der Waals surface area contributed by atoms with Gasteiger partial charge in [-0.15, -0.1) is 0 Å². The van der Waals surface area contributed by atoms with E-state index in [4.69, 9.17) is 15.0 Å². The van der Waals surface area contributed by atoms with Crippen LogP contribution in [0.15, 0.2) is 78.9 Å². The summed E-state index contributed by atoms with van der Waals surface area (Å²) < 4.78 is 3.25. The molecule has 5 heteroatoms. The minimum atomic E-state index is 0.654. The SMILES string of the molecule is Ic1cccc(-n2c(-c3ccccc3)nc3nc4ccccc4nc32)c1. The van der Waals surface area contributed by atoms with Gasteiger partial charge in [0.05, 0.1) is 16.7 Å². The fourth-order valence-electron chi connectivity index (χ4n) is 3.10. The number of halogens is 1. The molecule has 0 unspecified atom stereocenters. The van der Waals surface area contributed by atoms with E-state index in [0.717, 1.165) is 37.3 Å². The maximum atomic E-state index is 4.87. The lowest BCUT2D eigenvalue weighted by molar-refractivity contribution is 1.08. The number of fused-ring (bicyclic) bond motifs is 2. The van der Waals surface area contributed by atoms with Gasteiger partial charge in [-0.3, -0.25) is 4.57 Å². The molecule has 0 spiro atoms. The summed E-state index contributed by atoms with van der Waals surface area (Å²) in [6.07, 6.45) is 0. The van der Waals surface area contributed by atoms with Crippen molar-refractivity contribution >= 4 is 44.9 Å². The van der Waals surface area contributed by atoms with Gasteiger partial charge in [-0.25, -0.2) is 15.0 Å². The van der Waals surface area contributed by atoms with E-state index in [-0.39, 0.29) is 0 Å². The van der Waals surface area contributed by atoms with Gasteiger partial charge < -0.3 is 0 Å². The molecular weight excluding hydrogens is 435 g/mol. The summed E-state index contributed by atoms with van der Waals surface area (Å²) in [5.74, 6) is 0.845. The maximum absolute atomic E-state index is 4.87. The molecule has 0 aliphatic rings. The molecule has 4 nitrogen and oxygen atoms in total. The smallest absolute Gasteiger partial charge is 0.199 e. The Morgan fingerprint density at radius 2 is 1.42 bits per heavy atom. The van der Waals surface area contributed by atoms with Crippen molar-refractivity contribution in [2.24, 2.45) is 0 Å². The quantitative estimate of drug-likeness (QED) is 0.347. The summed E-state index contributed by atoms with van der Waals surface area (Å²) in [6.45, 7) is 0. The standard InChI is InChI=1S/C21H13IN4/c22-15-9-6-10-16(13-15)26-20(14-7-2-1-3-8-14)25-19-21(26)24-18-12-5-4-11-17(18)23-19/h1-13H. The molecule has 0 bridgehead atoms.